The quantitative estimate of drug-likeness (QED) is 0.280. The predicted octanol–water partition coefficient (Wildman–Crippen LogP) is 6.54. The highest BCUT2D eigenvalue weighted by Crippen LogP contribution is 2.36. The highest BCUT2D eigenvalue weighted by molar-refractivity contribution is 5.44. The maximum Gasteiger partial charge on any atom is 0.162 e. The average Bonchev–Trinajstić information content (AvgIpc) is 3.40. The molecule has 0 spiro atoms. The van der Waals surface area contributed by atoms with Crippen LogP contribution < -0.4 is 9.47 Å². The summed E-state index contributed by atoms with van der Waals surface area (Å²) in [6.45, 7) is 2.73. The van der Waals surface area contributed by atoms with Gasteiger partial charge in [0.15, 0.2) is 11.5 Å². The summed E-state index contributed by atoms with van der Waals surface area (Å²) in [6.07, 6.45) is 1.46. The molecule has 0 bridgehead atoms. The zero-order chi connectivity index (χ0) is 24.6. The van der Waals surface area contributed by atoms with Gasteiger partial charge in [-0.25, -0.2) is 0 Å². The van der Waals surface area contributed by atoms with E-state index in [4.69, 9.17) is 9.47 Å². The summed E-state index contributed by atoms with van der Waals surface area (Å²) in [5.41, 5.74) is 4.31. The molecule has 1 aliphatic rings. The van der Waals surface area contributed by atoms with Gasteiger partial charge in [0, 0.05) is 12.6 Å². The third-order valence-corrected chi connectivity index (χ3v) is 6.79. The van der Waals surface area contributed by atoms with E-state index in [1.807, 2.05) is 84.9 Å². The van der Waals surface area contributed by atoms with Gasteiger partial charge in [0.2, 0.25) is 0 Å². The van der Waals surface area contributed by atoms with E-state index in [-0.39, 0.29) is 6.04 Å². The molecular formula is C32H33NO3. The van der Waals surface area contributed by atoms with Gasteiger partial charge in [0.1, 0.15) is 13.2 Å². The van der Waals surface area contributed by atoms with Crippen LogP contribution in [0.5, 0.6) is 11.5 Å². The van der Waals surface area contributed by atoms with E-state index in [2.05, 4.69) is 29.2 Å². The van der Waals surface area contributed by atoms with Crippen molar-refractivity contribution in [1.29, 1.82) is 0 Å². The lowest BCUT2D eigenvalue weighted by Crippen LogP contribution is -2.34. The van der Waals surface area contributed by atoms with Crippen molar-refractivity contribution >= 4 is 0 Å². The Morgan fingerprint density at radius 2 is 1.25 bits per heavy atom. The van der Waals surface area contributed by atoms with E-state index in [1.165, 1.54) is 5.56 Å². The minimum Gasteiger partial charge on any atom is -0.485 e. The van der Waals surface area contributed by atoms with Crippen LogP contribution in [0.15, 0.2) is 109 Å². The van der Waals surface area contributed by atoms with E-state index in [1.54, 1.807) is 0 Å². The second-order valence-corrected chi connectivity index (χ2v) is 9.37. The van der Waals surface area contributed by atoms with E-state index in [9.17, 15) is 5.11 Å². The molecule has 0 radical (unpaired) electrons. The number of hydrogen-bond donors (Lipinski definition) is 1. The first-order chi connectivity index (χ1) is 17.8. The van der Waals surface area contributed by atoms with Crippen LogP contribution in [0.2, 0.25) is 0 Å². The van der Waals surface area contributed by atoms with Crippen molar-refractivity contribution in [2.24, 2.45) is 0 Å². The van der Waals surface area contributed by atoms with Gasteiger partial charge in [-0.05, 0) is 53.8 Å². The Hall–Kier alpha value is -3.60. The minimum absolute atomic E-state index is 0.0725. The number of ether oxygens (including phenoxy) is 2. The summed E-state index contributed by atoms with van der Waals surface area (Å²) in [7, 11) is 0. The summed E-state index contributed by atoms with van der Waals surface area (Å²) in [5, 5.41) is 11.4. The molecule has 2 unspecified atom stereocenters. The lowest BCUT2D eigenvalue weighted by Gasteiger charge is -2.29. The number of nitrogens with zero attached hydrogens (tertiary/aromatic N) is 1. The highest BCUT2D eigenvalue weighted by Gasteiger charge is 2.32. The van der Waals surface area contributed by atoms with Crippen molar-refractivity contribution in [3.63, 3.8) is 0 Å². The molecule has 1 saturated heterocycles. The molecule has 2 atom stereocenters. The van der Waals surface area contributed by atoms with Crippen molar-refractivity contribution in [3.8, 4) is 11.5 Å². The van der Waals surface area contributed by atoms with Crippen molar-refractivity contribution in [2.75, 3.05) is 6.54 Å². The molecule has 0 aromatic heterocycles. The fourth-order valence-corrected chi connectivity index (χ4v) is 4.86. The second-order valence-electron chi connectivity index (χ2n) is 9.37. The lowest BCUT2D eigenvalue weighted by molar-refractivity contribution is 0.0685. The monoisotopic (exact) mass is 479 g/mol. The van der Waals surface area contributed by atoms with Crippen molar-refractivity contribution in [2.45, 2.75) is 44.7 Å². The Bertz CT molecular complexity index is 1210. The number of aliphatic hydroxyl groups excluding tert-OH is 1. The Kier molecular flexibility index (Phi) is 7.96. The Morgan fingerprint density at radius 1 is 0.694 bits per heavy atom. The van der Waals surface area contributed by atoms with Gasteiger partial charge >= 0.3 is 0 Å². The molecule has 36 heavy (non-hydrogen) atoms. The number of likely N-dealkylation sites (tertiary alicyclic amines) is 1. The maximum atomic E-state index is 11.4. The summed E-state index contributed by atoms with van der Waals surface area (Å²) < 4.78 is 12.4. The van der Waals surface area contributed by atoms with E-state index in [0.717, 1.165) is 42.6 Å². The van der Waals surface area contributed by atoms with Gasteiger partial charge in [-0.2, -0.15) is 0 Å². The van der Waals surface area contributed by atoms with Crippen LogP contribution >= 0.6 is 0 Å². The summed E-state index contributed by atoms with van der Waals surface area (Å²) >= 11 is 0. The number of rotatable bonds is 10. The molecule has 5 rings (SSSR count). The van der Waals surface area contributed by atoms with Crippen LogP contribution in [0.1, 0.15) is 41.2 Å². The lowest BCUT2D eigenvalue weighted by atomic mass is 9.99. The Labute approximate surface area is 213 Å². The topological polar surface area (TPSA) is 41.9 Å². The van der Waals surface area contributed by atoms with Crippen molar-refractivity contribution < 1.29 is 14.6 Å². The Balaban J connectivity index is 1.34. The molecule has 184 valence electrons. The summed E-state index contributed by atoms with van der Waals surface area (Å²) in [4.78, 5) is 2.39. The zero-order valence-corrected chi connectivity index (χ0v) is 20.5. The van der Waals surface area contributed by atoms with E-state index >= 15 is 0 Å². The van der Waals surface area contributed by atoms with Crippen LogP contribution in [0.3, 0.4) is 0 Å². The average molecular weight is 480 g/mol. The van der Waals surface area contributed by atoms with Gasteiger partial charge < -0.3 is 14.6 Å². The SMILES string of the molecule is OC(c1ccc(OCc2ccccc2)c(OCc2ccccc2)c1)C1CCCN1Cc1ccccc1. The van der Waals surface area contributed by atoms with Crippen LogP contribution in [0.25, 0.3) is 0 Å². The van der Waals surface area contributed by atoms with Crippen LogP contribution in [-0.4, -0.2) is 22.6 Å². The van der Waals surface area contributed by atoms with Gasteiger partial charge in [-0.15, -0.1) is 0 Å². The maximum absolute atomic E-state index is 11.4. The molecule has 0 saturated carbocycles. The summed E-state index contributed by atoms with van der Waals surface area (Å²) in [5.74, 6) is 1.33. The number of benzene rings is 4. The molecular weight excluding hydrogens is 446 g/mol. The first kappa shape index (κ1) is 24.1. The molecule has 1 N–H and O–H groups in total. The fourth-order valence-electron chi connectivity index (χ4n) is 4.86. The van der Waals surface area contributed by atoms with Crippen molar-refractivity contribution in [3.05, 3.63) is 131 Å². The molecule has 4 heteroatoms. The van der Waals surface area contributed by atoms with E-state index < -0.39 is 6.10 Å². The first-order valence-corrected chi connectivity index (χ1v) is 12.7. The molecule has 0 amide bonds. The number of aliphatic hydroxyl groups is 1. The zero-order valence-electron chi connectivity index (χ0n) is 20.5. The molecule has 4 nitrogen and oxygen atoms in total. The fraction of sp³-hybridized carbons (Fsp3) is 0.250. The summed E-state index contributed by atoms with van der Waals surface area (Å²) in [6, 6.07) is 36.6. The van der Waals surface area contributed by atoms with Crippen molar-refractivity contribution in [1.82, 2.24) is 4.90 Å². The first-order valence-electron chi connectivity index (χ1n) is 12.7. The predicted molar refractivity (Wildman–Crippen MR) is 143 cm³/mol. The molecule has 4 aromatic rings. The van der Waals surface area contributed by atoms with Gasteiger partial charge in [0.05, 0.1) is 6.10 Å². The largest absolute Gasteiger partial charge is 0.485 e. The third-order valence-electron chi connectivity index (χ3n) is 6.79. The normalized spacial score (nSPS) is 16.5. The minimum atomic E-state index is -0.599. The van der Waals surface area contributed by atoms with Gasteiger partial charge in [-0.3, -0.25) is 4.90 Å². The second kappa shape index (κ2) is 11.9. The van der Waals surface area contributed by atoms with E-state index in [0.29, 0.717) is 24.7 Å². The molecule has 1 fully saturated rings. The smallest absolute Gasteiger partial charge is 0.162 e. The molecule has 0 aliphatic carbocycles. The standard InChI is InChI=1S/C32H33NO3/c34-32(29-17-10-20-33(29)22-25-11-4-1-5-12-25)28-18-19-30(35-23-26-13-6-2-7-14-26)31(21-28)36-24-27-15-8-3-9-16-27/h1-9,11-16,18-19,21,29,32,34H,10,17,20,22-24H2. The molecule has 1 aliphatic heterocycles. The highest BCUT2D eigenvalue weighted by atomic mass is 16.5. The van der Waals surface area contributed by atoms with Gasteiger partial charge in [-0.1, -0.05) is 97.1 Å². The van der Waals surface area contributed by atoms with Crippen LogP contribution in [-0.2, 0) is 19.8 Å². The van der Waals surface area contributed by atoms with Crippen LogP contribution in [0.4, 0.5) is 0 Å². The van der Waals surface area contributed by atoms with Gasteiger partial charge in [0.25, 0.3) is 0 Å². The third kappa shape index (κ3) is 6.14. The molecule has 1 heterocycles. The van der Waals surface area contributed by atoms with Crippen LogP contribution in [0, 0.1) is 0 Å². The molecule has 4 aromatic carbocycles. The number of hydrogen-bond acceptors (Lipinski definition) is 4. The Morgan fingerprint density at radius 3 is 1.86 bits per heavy atom.